The Balaban J connectivity index is 1.59. The molecule has 2 fully saturated rings. The van der Waals surface area contributed by atoms with Gasteiger partial charge in [-0.25, -0.2) is 0 Å². The molecule has 2 heterocycles. The Morgan fingerprint density at radius 1 is 1.31 bits per heavy atom. The number of phenols is 1. The summed E-state index contributed by atoms with van der Waals surface area (Å²) >= 11 is 0. The van der Waals surface area contributed by atoms with Crippen molar-refractivity contribution in [1.82, 2.24) is 0 Å². The molecule has 1 saturated heterocycles. The third-order valence-electron chi connectivity index (χ3n) is 9.83. The van der Waals surface area contributed by atoms with Gasteiger partial charge < -0.3 is 19.1 Å². The number of quaternary nitrogens is 1. The van der Waals surface area contributed by atoms with Crippen molar-refractivity contribution in [2.75, 3.05) is 26.7 Å². The molecule has 2 aliphatic carbocycles. The lowest BCUT2D eigenvalue weighted by atomic mass is 9.46. The molecule has 4 aliphatic rings. The smallest absolute Gasteiger partial charge is 0.181 e. The molecule has 5 nitrogen and oxygen atoms in total. The second-order valence-corrected chi connectivity index (χ2v) is 11.6. The molecule has 1 N–H and O–H groups in total. The van der Waals surface area contributed by atoms with Gasteiger partial charge in [-0.15, -0.1) is 0 Å². The second kappa shape index (κ2) is 8.37. The van der Waals surface area contributed by atoms with E-state index in [2.05, 4.69) is 32.7 Å². The zero-order valence-electron chi connectivity index (χ0n) is 21.6. The Morgan fingerprint density at radius 2 is 2.11 bits per heavy atom. The molecule has 6 rings (SSSR count). The summed E-state index contributed by atoms with van der Waals surface area (Å²) in [6.45, 7) is 8.73. The highest BCUT2D eigenvalue weighted by atomic mass is 16.5. The summed E-state index contributed by atoms with van der Waals surface area (Å²) in [5.41, 5.74) is 1.88. The van der Waals surface area contributed by atoms with Crippen LogP contribution in [0.2, 0.25) is 0 Å². The monoisotopic (exact) mass is 488 g/mol. The van der Waals surface area contributed by atoms with Gasteiger partial charge >= 0.3 is 0 Å². The fourth-order valence-electron chi connectivity index (χ4n) is 8.23. The number of aromatic hydroxyl groups is 1. The second-order valence-electron chi connectivity index (χ2n) is 11.6. The van der Waals surface area contributed by atoms with Crippen LogP contribution in [0.15, 0.2) is 49.1 Å². The molecule has 190 valence electrons. The number of phenolic OH excluding ortho intramolecular Hbond substituents is 1. The van der Waals surface area contributed by atoms with Crippen LogP contribution in [-0.2, 0) is 23.1 Å². The van der Waals surface area contributed by atoms with Crippen molar-refractivity contribution in [3.8, 4) is 17.2 Å². The maximum atomic E-state index is 14.1. The number of unbranched alkanes of at least 4 members (excludes halogenated alkanes) is 1. The van der Waals surface area contributed by atoms with E-state index >= 15 is 0 Å². The highest BCUT2D eigenvalue weighted by Crippen LogP contribution is 2.69. The number of ketones is 1. The maximum Gasteiger partial charge on any atom is 0.181 e. The summed E-state index contributed by atoms with van der Waals surface area (Å²) < 4.78 is 14.1. The summed E-state index contributed by atoms with van der Waals surface area (Å²) in [6, 6.07) is 12.3. The van der Waals surface area contributed by atoms with E-state index in [0.717, 1.165) is 72.1 Å². The van der Waals surface area contributed by atoms with Gasteiger partial charge in [0.25, 0.3) is 0 Å². The number of hydrogen-bond donors (Lipinski definition) is 1. The van der Waals surface area contributed by atoms with E-state index in [1.165, 1.54) is 0 Å². The largest absolute Gasteiger partial charge is 0.504 e. The number of piperidine rings is 1. The van der Waals surface area contributed by atoms with E-state index in [-0.39, 0.29) is 11.5 Å². The van der Waals surface area contributed by atoms with Gasteiger partial charge in [0.2, 0.25) is 0 Å². The number of nitrogens with zero attached hydrogens (tertiary/aromatic N) is 1. The number of benzene rings is 2. The van der Waals surface area contributed by atoms with Crippen molar-refractivity contribution in [3.05, 3.63) is 65.7 Å². The Hall–Kier alpha value is -2.79. The summed E-state index contributed by atoms with van der Waals surface area (Å²) in [4.78, 5) is 14.1. The number of likely N-dealkylation sites (N-methyl/N-ethyl adjacent to an activating group) is 1. The zero-order chi connectivity index (χ0) is 25.1. The zero-order valence-corrected chi connectivity index (χ0v) is 21.6. The van der Waals surface area contributed by atoms with E-state index in [4.69, 9.17) is 9.47 Å². The number of carbonyl (C=O) groups is 1. The molecule has 5 atom stereocenters. The third-order valence-corrected chi connectivity index (χ3v) is 9.83. The van der Waals surface area contributed by atoms with E-state index in [1.54, 1.807) is 6.07 Å². The first kappa shape index (κ1) is 23.6. The van der Waals surface area contributed by atoms with Gasteiger partial charge in [0, 0.05) is 48.8 Å². The van der Waals surface area contributed by atoms with E-state index in [9.17, 15) is 9.90 Å². The van der Waals surface area contributed by atoms with Crippen LogP contribution in [0.5, 0.6) is 17.2 Å². The number of likely N-dealkylation sites (tertiary alicyclic amines) is 1. The molecular formula is C31H38NO4+. The van der Waals surface area contributed by atoms with Crippen LogP contribution in [0.3, 0.4) is 0 Å². The third kappa shape index (κ3) is 3.01. The van der Waals surface area contributed by atoms with Crippen LogP contribution < -0.4 is 9.47 Å². The Labute approximate surface area is 214 Å². The maximum absolute atomic E-state index is 14.1. The van der Waals surface area contributed by atoms with Gasteiger partial charge in [-0.1, -0.05) is 50.3 Å². The molecule has 0 unspecified atom stereocenters. The van der Waals surface area contributed by atoms with Crippen molar-refractivity contribution in [1.29, 1.82) is 0 Å². The fraction of sp³-hybridized carbons (Fsp3) is 0.516. The summed E-state index contributed by atoms with van der Waals surface area (Å²) in [6.07, 6.45) is 7.71. The van der Waals surface area contributed by atoms with Crippen LogP contribution in [0.1, 0.15) is 55.7 Å². The predicted octanol–water partition coefficient (Wildman–Crippen LogP) is 5.12. The highest BCUT2D eigenvalue weighted by Gasteiger charge is 2.76. The predicted molar refractivity (Wildman–Crippen MR) is 140 cm³/mol. The first-order valence-corrected chi connectivity index (χ1v) is 13.6. The molecule has 2 aromatic rings. The fourth-order valence-corrected chi connectivity index (χ4v) is 8.23. The number of hydrogen-bond acceptors (Lipinski definition) is 4. The molecule has 0 aromatic heterocycles. The van der Waals surface area contributed by atoms with Crippen LogP contribution >= 0.6 is 0 Å². The molecule has 36 heavy (non-hydrogen) atoms. The first-order chi connectivity index (χ1) is 17.4. The summed E-state index contributed by atoms with van der Waals surface area (Å²) in [5.74, 6) is 1.89. The molecule has 0 amide bonds. The molecule has 2 bridgehead atoms. The number of rotatable bonds is 8. The van der Waals surface area contributed by atoms with E-state index < -0.39 is 11.0 Å². The summed E-state index contributed by atoms with van der Waals surface area (Å²) in [7, 11) is 2.36. The van der Waals surface area contributed by atoms with Gasteiger partial charge in [-0.05, 0) is 24.5 Å². The topological polar surface area (TPSA) is 55.8 Å². The lowest BCUT2D eigenvalue weighted by Crippen LogP contribution is -2.76. The lowest BCUT2D eigenvalue weighted by molar-refractivity contribution is -0.940. The molecule has 2 aromatic carbocycles. The van der Waals surface area contributed by atoms with Gasteiger partial charge in [0.15, 0.2) is 22.9 Å². The standard InChI is InChI=1S/C31H37NO4/c1-4-6-17-35-26-19-25(33)29-28-22(26)18-24-23-12-13-27(34)31(36-29,20-21-10-8-7-9-11-21)30(23,28)14-16-32(24,3)15-5-2/h5,7-11,19,23-24H,2,4,6,12-18,20H2,1,3H3/p+1/t23-,24+,30-,31-,32+/m0/s1. The SMILES string of the molecule is C=CC[N@+]1(C)CC[C@]23c4c5c(OCCCC)cc(O)c4O[C@@]2(Cc2ccccc2)C(=O)CC[C@H]3[C@H]1C5. The van der Waals surface area contributed by atoms with Crippen molar-refractivity contribution in [3.63, 3.8) is 0 Å². The van der Waals surface area contributed by atoms with Crippen molar-refractivity contribution < 1.29 is 23.9 Å². The average Bonchev–Trinajstić information content (AvgIpc) is 3.17. The van der Waals surface area contributed by atoms with Crippen molar-refractivity contribution >= 4 is 5.78 Å². The molecule has 1 spiro atoms. The van der Waals surface area contributed by atoms with Gasteiger partial charge in [-0.3, -0.25) is 4.79 Å². The molecule has 0 radical (unpaired) electrons. The van der Waals surface area contributed by atoms with E-state index in [0.29, 0.717) is 37.2 Å². The number of Topliss-reactive ketones (excluding diaryl/α,β-unsaturated/α-hetero) is 1. The number of carbonyl (C=O) groups excluding carboxylic acids is 1. The summed E-state index contributed by atoms with van der Waals surface area (Å²) in [5, 5.41) is 11.3. The Kier molecular flexibility index (Phi) is 5.49. The van der Waals surface area contributed by atoms with Gasteiger partial charge in [0.1, 0.15) is 5.75 Å². The minimum atomic E-state index is -0.994. The minimum Gasteiger partial charge on any atom is -0.504 e. The van der Waals surface area contributed by atoms with Gasteiger partial charge in [-0.2, -0.15) is 0 Å². The average molecular weight is 489 g/mol. The van der Waals surface area contributed by atoms with Gasteiger partial charge in [0.05, 0.1) is 38.2 Å². The highest BCUT2D eigenvalue weighted by molar-refractivity contribution is 5.94. The lowest BCUT2D eigenvalue weighted by Gasteiger charge is -2.63. The van der Waals surface area contributed by atoms with Crippen LogP contribution in [0.4, 0.5) is 0 Å². The van der Waals surface area contributed by atoms with Crippen LogP contribution in [0.25, 0.3) is 0 Å². The molecular weight excluding hydrogens is 450 g/mol. The molecule has 1 saturated carbocycles. The Bertz CT molecular complexity index is 1210. The minimum absolute atomic E-state index is 0.107. The number of ether oxygens (including phenoxy) is 2. The van der Waals surface area contributed by atoms with Crippen molar-refractivity contribution in [2.24, 2.45) is 5.92 Å². The molecule has 5 heteroatoms. The Morgan fingerprint density at radius 3 is 2.86 bits per heavy atom. The normalized spacial score (nSPS) is 33.6. The van der Waals surface area contributed by atoms with Crippen molar-refractivity contribution in [2.45, 2.75) is 68.9 Å². The molecule has 2 aliphatic heterocycles. The van der Waals surface area contributed by atoms with E-state index in [1.807, 2.05) is 24.3 Å². The van der Waals surface area contributed by atoms with Crippen LogP contribution in [-0.4, -0.2) is 53.8 Å². The first-order valence-electron chi connectivity index (χ1n) is 13.6. The quantitative estimate of drug-likeness (QED) is 0.318. The van der Waals surface area contributed by atoms with Crippen LogP contribution in [0, 0.1) is 5.92 Å².